The van der Waals surface area contributed by atoms with E-state index < -0.39 is 18.0 Å². The van der Waals surface area contributed by atoms with Crippen LogP contribution in [0.3, 0.4) is 0 Å². The van der Waals surface area contributed by atoms with Crippen LogP contribution in [0.4, 0.5) is 4.79 Å². The van der Waals surface area contributed by atoms with E-state index >= 15 is 0 Å². The summed E-state index contributed by atoms with van der Waals surface area (Å²) in [5.41, 5.74) is 0.901. The topological polar surface area (TPSA) is 92.4 Å². The summed E-state index contributed by atoms with van der Waals surface area (Å²) >= 11 is 0. The minimum absolute atomic E-state index is 0.480. The second-order valence-corrected chi connectivity index (χ2v) is 4.49. The lowest BCUT2D eigenvalue weighted by Gasteiger charge is -2.14. The summed E-state index contributed by atoms with van der Waals surface area (Å²) in [7, 11) is 1.43. The van der Waals surface area contributed by atoms with Crippen molar-refractivity contribution in [2.24, 2.45) is 0 Å². The first-order chi connectivity index (χ1) is 10.1. The fourth-order valence-electron chi connectivity index (χ4n) is 1.51. The Bertz CT molecular complexity index is 462. The Morgan fingerprint density at radius 1 is 1.38 bits per heavy atom. The van der Waals surface area contributed by atoms with Crippen LogP contribution in [0.25, 0.3) is 0 Å². The number of ether oxygens (including phenoxy) is 1. The number of hydrogen-bond acceptors (Lipinski definition) is 5. The van der Waals surface area contributed by atoms with Crippen molar-refractivity contribution in [1.29, 1.82) is 0 Å². The second-order valence-electron chi connectivity index (χ2n) is 4.49. The van der Waals surface area contributed by atoms with Crippen molar-refractivity contribution in [2.75, 3.05) is 13.6 Å². The van der Waals surface area contributed by atoms with Gasteiger partial charge in [-0.2, -0.15) is 0 Å². The molecule has 0 aliphatic carbocycles. The molecule has 0 spiro atoms. The second kappa shape index (κ2) is 8.91. The van der Waals surface area contributed by atoms with Gasteiger partial charge in [-0.25, -0.2) is 4.79 Å². The van der Waals surface area contributed by atoms with Crippen LogP contribution in [-0.4, -0.2) is 36.6 Å². The highest BCUT2D eigenvalue weighted by atomic mass is 16.5. The minimum atomic E-state index is -0.784. The summed E-state index contributed by atoms with van der Waals surface area (Å²) in [4.78, 5) is 26.9. The number of carbonyl (C=O) groups is 2. The van der Waals surface area contributed by atoms with E-state index in [-0.39, 0.29) is 0 Å². The third-order valence-electron chi connectivity index (χ3n) is 2.68. The number of urea groups is 1. The summed E-state index contributed by atoms with van der Waals surface area (Å²) in [5.74, 6) is -0.0307. The number of nitrogens with zero attached hydrogens (tertiary/aromatic N) is 1. The van der Waals surface area contributed by atoms with Gasteiger partial charge in [-0.05, 0) is 32.0 Å². The Kier molecular flexibility index (Phi) is 7.17. The zero-order chi connectivity index (χ0) is 15.7. The summed E-state index contributed by atoms with van der Waals surface area (Å²) in [6.45, 7) is 5.30. The largest absolute Gasteiger partial charge is 0.479 e. The zero-order valence-electron chi connectivity index (χ0n) is 12.6. The molecule has 0 aromatic carbocycles. The van der Waals surface area contributed by atoms with Crippen LogP contribution >= 0.6 is 0 Å². The van der Waals surface area contributed by atoms with Crippen molar-refractivity contribution in [3.05, 3.63) is 24.0 Å². The predicted octanol–water partition coefficient (Wildman–Crippen LogP) is 0.804. The third-order valence-corrected chi connectivity index (χ3v) is 2.68. The molecule has 1 aromatic heterocycles. The van der Waals surface area contributed by atoms with Crippen molar-refractivity contribution in [3.63, 3.8) is 0 Å². The van der Waals surface area contributed by atoms with E-state index in [4.69, 9.17) is 4.74 Å². The number of nitrogens with one attached hydrogen (secondary N) is 3. The van der Waals surface area contributed by atoms with Gasteiger partial charge in [0.05, 0.1) is 11.9 Å². The van der Waals surface area contributed by atoms with Gasteiger partial charge in [-0.15, -0.1) is 0 Å². The maximum absolute atomic E-state index is 11.6. The molecule has 1 atom stereocenters. The monoisotopic (exact) mass is 294 g/mol. The summed E-state index contributed by atoms with van der Waals surface area (Å²) in [6, 6.07) is 3.02. The summed E-state index contributed by atoms with van der Waals surface area (Å²) < 4.78 is 5.43. The molecule has 1 unspecified atom stereocenters. The first-order valence-corrected chi connectivity index (χ1v) is 6.91. The molecule has 0 aliphatic heterocycles. The third kappa shape index (κ3) is 6.22. The molecule has 0 fully saturated rings. The van der Waals surface area contributed by atoms with Crippen LogP contribution in [0, 0.1) is 0 Å². The number of hydrogen-bond donors (Lipinski definition) is 3. The molecule has 0 saturated carbocycles. The van der Waals surface area contributed by atoms with Crippen LogP contribution in [0.2, 0.25) is 0 Å². The average molecular weight is 294 g/mol. The fourth-order valence-corrected chi connectivity index (χ4v) is 1.51. The van der Waals surface area contributed by atoms with Crippen molar-refractivity contribution in [3.8, 4) is 5.75 Å². The van der Waals surface area contributed by atoms with Gasteiger partial charge in [0.1, 0.15) is 5.75 Å². The summed E-state index contributed by atoms with van der Waals surface area (Å²) in [5, 5.41) is 7.70. The standard InChI is InChI=1S/C14H22N4O3/c1-4-7-16-8-11-5-6-12(9-17-11)21-10(2)13(19)18-14(20)15-3/h5-6,9-10,16H,4,7-8H2,1-3H3,(H2,15,18,19,20). The average Bonchev–Trinajstić information content (AvgIpc) is 2.49. The first kappa shape index (κ1) is 16.9. The molecule has 0 aliphatic rings. The molecule has 0 bridgehead atoms. The molecule has 0 saturated heterocycles. The van der Waals surface area contributed by atoms with Crippen LogP contribution in [0.15, 0.2) is 18.3 Å². The van der Waals surface area contributed by atoms with Crippen molar-refractivity contribution in [2.45, 2.75) is 32.9 Å². The minimum Gasteiger partial charge on any atom is -0.479 e. The maximum Gasteiger partial charge on any atom is 0.321 e. The van der Waals surface area contributed by atoms with Crippen LogP contribution in [0.5, 0.6) is 5.75 Å². The predicted molar refractivity (Wildman–Crippen MR) is 78.9 cm³/mol. The molecule has 7 heteroatoms. The SMILES string of the molecule is CCCNCc1ccc(OC(C)C(=O)NC(=O)NC)cn1. The van der Waals surface area contributed by atoms with E-state index in [0.717, 1.165) is 18.7 Å². The lowest BCUT2D eigenvalue weighted by atomic mass is 10.3. The molecule has 116 valence electrons. The van der Waals surface area contributed by atoms with Gasteiger partial charge in [0, 0.05) is 13.6 Å². The number of imide groups is 1. The molecule has 3 amide bonds. The number of rotatable bonds is 7. The summed E-state index contributed by atoms with van der Waals surface area (Å²) in [6.07, 6.45) is 1.85. The number of aromatic nitrogens is 1. The lowest BCUT2D eigenvalue weighted by Crippen LogP contribution is -2.43. The highest BCUT2D eigenvalue weighted by molar-refractivity contribution is 5.96. The molecular formula is C14H22N4O3. The highest BCUT2D eigenvalue weighted by Gasteiger charge is 2.16. The molecule has 3 N–H and O–H groups in total. The molecule has 7 nitrogen and oxygen atoms in total. The molecule has 1 heterocycles. The van der Waals surface area contributed by atoms with Crippen molar-refractivity contribution >= 4 is 11.9 Å². The Balaban J connectivity index is 2.47. The van der Waals surface area contributed by atoms with Gasteiger partial charge in [0.25, 0.3) is 5.91 Å². The van der Waals surface area contributed by atoms with E-state index in [1.165, 1.54) is 7.05 Å². The van der Waals surface area contributed by atoms with Gasteiger partial charge >= 0.3 is 6.03 Å². The molecule has 21 heavy (non-hydrogen) atoms. The van der Waals surface area contributed by atoms with Crippen LogP contribution in [0.1, 0.15) is 26.0 Å². The first-order valence-electron chi connectivity index (χ1n) is 6.91. The van der Waals surface area contributed by atoms with Gasteiger partial charge in [0.15, 0.2) is 6.10 Å². The van der Waals surface area contributed by atoms with E-state index in [2.05, 4.69) is 27.9 Å². The van der Waals surface area contributed by atoms with Gasteiger partial charge < -0.3 is 15.4 Å². The molecule has 1 aromatic rings. The zero-order valence-corrected chi connectivity index (χ0v) is 12.6. The van der Waals surface area contributed by atoms with Gasteiger partial charge in [0.2, 0.25) is 0 Å². The smallest absolute Gasteiger partial charge is 0.321 e. The van der Waals surface area contributed by atoms with E-state index in [0.29, 0.717) is 12.3 Å². The van der Waals surface area contributed by atoms with Crippen LogP contribution in [-0.2, 0) is 11.3 Å². The Morgan fingerprint density at radius 2 is 2.14 bits per heavy atom. The molecule has 0 radical (unpaired) electrons. The number of pyridine rings is 1. The maximum atomic E-state index is 11.6. The number of amides is 3. The molecule has 1 rings (SSSR count). The quantitative estimate of drug-likeness (QED) is 0.647. The van der Waals surface area contributed by atoms with Crippen LogP contribution < -0.4 is 20.7 Å². The van der Waals surface area contributed by atoms with E-state index in [1.54, 1.807) is 19.2 Å². The van der Waals surface area contributed by atoms with Gasteiger partial charge in [-0.3, -0.25) is 15.1 Å². The van der Waals surface area contributed by atoms with Gasteiger partial charge in [-0.1, -0.05) is 6.92 Å². The van der Waals surface area contributed by atoms with E-state index in [1.807, 2.05) is 6.07 Å². The highest BCUT2D eigenvalue weighted by Crippen LogP contribution is 2.11. The number of carbonyl (C=O) groups excluding carboxylic acids is 2. The Labute approximate surface area is 124 Å². The normalized spacial score (nSPS) is 11.6. The lowest BCUT2D eigenvalue weighted by molar-refractivity contribution is -0.126. The Morgan fingerprint density at radius 3 is 2.71 bits per heavy atom. The van der Waals surface area contributed by atoms with Crippen molar-refractivity contribution < 1.29 is 14.3 Å². The fraction of sp³-hybridized carbons (Fsp3) is 0.500. The Hall–Kier alpha value is -2.15. The van der Waals surface area contributed by atoms with E-state index in [9.17, 15) is 9.59 Å². The molecular weight excluding hydrogens is 272 g/mol. The van der Waals surface area contributed by atoms with Crippen molar-refractivity contribution in [1.82, 2.24) is 20.9 Å².